The van der Waals surface area contributed by atoms with Crippen LogP contribution in [0.15, 0.2) is 30.6 Å². The molecule has 11 heteroatoms. The summed E-state index contributed by atoms with van der Waals surface area (Å²) in [5.41, 5.74) is 0.934. The number of piperidine rings is 2. The lowest BCUT2D eigenvalue weighted by Crippen LogP contribution is -2.54. The van der Waals surface area contributed by atoms with Crippen LogP contribution < -0.4 is 10.2 Å². The molecular weight excluding hydrogens is 523 g/mol. The van der Waals surface area contributed by atoms with Crippen molar-refractivity contribution in [3.8, 4) is 0 Å². The van der Waals surface area contributed by atoms with E-state index in [0.29, 0.717) is 50.3 Å². The third kappa shape index (κ3) is 5.07. The normalized spacial score (nSPS) is 29.0. The lowest BCUT2D eigenvalue weighted by atomic mass is 9.93. The van der Waals surface area contributed by atoms with Gasteiger partial charge in [-0.1, -0.05) is 18.2 Å². The van der Waals surface area contributed by atoms with Crippen LogP contribution in [0.3, 0.4) is 0 Å². The van der Waals surface area contributed by atoms with Crippen molar-refractivity contribution in [3.63, 3.8) is 0 Å². The summed E-state index contributed by atoms with van der Waals surface area (Å²) in [5, 5.41) is 3.71. The van der Waals surface area contributed by atoms with E-state index in [2.05, 4.69) is 20.2 Å². The Balaban J connectivity index is 1.11. The van der Waals surface area contributed by atoms with Crippen molar-refractivity contribution >= 4 is 11.7 Å². The standard InChI is InChI=1S/C29H36F3N5O3/c1-18-25(27(38)36-9-6-22(7-10-36)35-23-8-11-40-15-24(23)39-2)33-17-34-26(18)37-14-21-13-28(21,16-37)19-4-3-5-20(12-19)29(30,31)32/h3-5,12,17,21-24,35H,6-11,13-16H2,1-2H3. The fourth-order valence-electron chi connectivity index (χ4n) is 6.91. The molecule has 1 saturated carbocycles. The Hall–Kier alpha value is -2.76. The van der Waals surface area contributed by atoms with E-state index < -0.39 is 11.7 Å². The minimum absolute atomic E-state index is 0.0415. The molecule has 3 aliphatic heterocycles. The molecule has 8 nitrogen and oxygen atoms in total. The summed E-state index contributed by atoms with van der Waals surface area (Å²) in [6.07, 6.45) is 0.583. The number of hydrogen-bond acceptors (Lipinski definition) is 7. The minimum Gasteiger partial charge on any atom is -0.379 e. The Morgan fingerprint density at radius 1 is 1.20 bits per heavy atom. The number of rotatable bonds is 6. The summed E-state index contributed by atoms with van der Waals surface area (Å²) in [6.45, 7) is 5.75. The first-order chi connectivity index (χ1) is 19.2. The van der Waals surface area contributed by atoms with Crippen molar-refractivity contribution < 1.29 is 27.4 Å². The molecule has 6 rings (SSSR count). The zero-order chi connectivity index (χ0) is 28.1. The van der Waals surface area contributed by atoms with Gasteiger partial charge in [-0.15, -0.1) is 0 Å². The van der Waals surface area contributed by atoms with Crippen LogP contribution in [0.1, 0.15) is 52.9 Å². The van der Waals surface area contributed by atoms with E-state index in [1.165, 1.54) is 18.5 Å². The number of carbonyl (C=O) groups excluding carboxylic acids is 1. The summed E-state index contributed by atoms with van der Waals surface area (Å²) in [4.78, 5) is 26.4. The van der Waals surface area contributed by atoms with Crippen LogP contribution in [-0.4, -0.2) is 85.5 Å². The molecule has 0 radical (unpaired) electrons. The number of nitrogens with zero attached hydrogens (tertiary/aromatic N) is 4. The monoisotopic (exact) mass is 559 g/mol. The van der Waals surface area contributed by atoms with Crippen molar-refractivity contribution in [2.24, 2.45) is 5.92 Å². The summed E-state index contributed by atoms with van der Waals surface area (Å²) in [6, 6.07) is 6.28. The molecule has 1 aromatic heterocycles. The predicted molar refractivity (Wildman–Crippen MR) is 142 cm³/mol. The third-order valence-electron chi connectivity index (χ3n) is 9.31. The van der Waals surface area contributed by atoms with Crippen molar-refractivity contribution in [2.45, 2.75) is 62.4 Å². The molecule has 0 spiro atoms. The van der Waals surface area contributed by atoms with E-state index in [1.807, 2.05) is 11.8 Å². The topological polar surface area (TPSA) is 79.8 Å². The van der Waals surface area contributed by atoms with Crippen molar-refractivity contribution in [1.82, 2.24) is 20.2 Å². The molecule has 216 valence electrons. The summed E-state index contributed by atoms with van der Waals surface area (Å²) < 4.78 is 51.1. The van der Waals surface area contributed by atoms with Crippen LogP contribution in [0.4, 0.5) is 19.0 Å². The second-order valence-corrected chi connectivity index (χ2v) is 11.7. The number of nitrogens with one attached hydrogen (secondary N) is 1. The Morgan fingerprint density at radius 3 is 2.75 bits per heavy atom. The quantitative estimate of drug-likeness (QED) is 0.580. The molecule has 1 aromatic carbocycles. The van der Waals surface area contributed by atoms with Gasteiger partial charge in [-0.05, 0) is 50.2 Å². The first-order valence-electron chi connectivity index (χ1n) is 14.1. The summed E-state index contributed by atoms with van der Waals surface area (Å²) in [7, 11) is 1.71. The SMILES string of the molecule is COC1COCCC1NC1CCN(C(=O)c2ncnc(N3CC4CC4(c4cccc(C(F)(F)F)c4)C3)c2C)CC1. The number of aromatic nitrogens is 2. The van der Waals surface area contributed by atoms with E-state index in [-0.39, 0.29) is 29.4 Å². The molecule has 4 fully saturated rings. The van der Waals surface area contributed by atoms with Crippen LogP contribution in [0.5, 0.6) is 0 Å². The molecule has 1 amide bonds. The molecule has 4 aliphatic rings. The van der Waals surface area contributed by atoms with Crippen molar-refractivity contribution in [2.75, 3.05) is 51.4 Å². The highest BCUT2D eigenvalue weighted by Gasteiger charge is 2.61. The number of benzene rings is 1. The van der Waals surface area contributed by atoms with E-state index in [4.69, 9.17) is 9.47 Å². The zero-order valence-electron chi connectivity index (χ0n) is 22.9. The average Bonchev–Trinajstić information content (AvgIpc) is 3.53. The number of ether oxygens (including phenoxy) is 2. The van der Waals surface area contributed by atoms with Crippen LogP contribution in [0.2, 0.25) is 0 Å². The summed E-state index contributed by atoms with van der Waals surface area (Å²) >= 11 is 0. The highest BCUT2D eigenvalue weighted by atomic mass is 19.4. The third-order valence-corrected chi connectivity index (χ3v) is 9.31. The maximum absolute atomic E-state index is 13.5. The number of methoxy groups -OCH3 is 1. The van der Waals surface area contributed by atoms with Gasteiger partial charge in [-0.25, -0.2) is 9.97 Å². The van der Waals surface area contributed by atoms with Gasteiger partial charge in [-0.2, -0.15) is 13.2 Å². The lowest BCUT2D eigenvalue weighted by molar-refractivity contribution is -0.137. The fraction of sp³-hybridized carbons (Fsp3) is 0.621. The van der Waals surface area contributed by atoms with Gasteiger partial charge in [0.15, 0.2) is 0 Å². The predicted octanol–water partition coefficient (Wildman–Crippen LogP) is 3.58. The van der Waals surface area contributed by atoms with E-state index in [0.717, 1.165) is 49.5 Å². The number of carbonyl (C=O) groups is 1. The first kappa shape index (κ1) is 27.4. The second-order valence-electron chi connectivity index (χ2n) is 11.7. The van der Waals surface area contributed by atoms with Gasteiger partial charge >= 0.3 is 6.18 Å². The number of fused-ring (bicyclic) bond motifs is 1. The highest BCUT2D eigenvalue weighted by molar-refractivity contribution is 5.94. The Kier molecular flexibility index (Phi) is 7.25. The molecule has 3 saturated heterocycles. The van der Waals surface area contributed by atoms with Crippen LogP contribution in [-0.2, 0) is 21.1 Å². The molecule has 40 heavy (non-hydrogen) atoms. The minimum atomic E-state index is -4.37. The highest BCUT2D eigenvalue weighted by Crippen LogP contribution is 2.60. The van der Waals surface area contributed by atoms with Crippen LogP contribution in [0, 0.1) is 12.8 Å². The van der Waals surface area contributed by atoms with Gasteiger partial charge in [0.25, 0.3) is 5.91 Å². The molecule has 4 atom stereocenters. The zero-order valence-corrected chi connectivity index (χ0v) is 22.9. The number of hydrogen-bond donors (Lipinski definition) is 1. The van der Waals surface area contributed by atoms with E-state index in [1.54, 1.807) is 13.2 Å². The number of alkyl halides is 3. The molecule has 0 bridgehead atoms. The maximum Gasteiger partial charge on any atom is 0.416 e. The van der Waals surface area contributed by atoms with Crippen molar-refractivity contribution in [3.05, 3.63) is 53.0 Å². The molecule has 4 unspecified atom stereocenters. The Bertz CT molecular complexity index is 1250. The second kappa shape index (κ2) is 10.6. The average molecular weight is 560 g/mol. The number of likely N-dealkylation sites (tertiary alicyclic amines) is 1. The van der Waals surface area contributed by atoms with E-state index >= 15 is 0 Å². The summed E-state index contributed by atoms with van der Waals surface area (Å²) in [5.74, 6) is 0.862. The lowest BCUT2D eigenvalue weighted by Gasteiger charge is -2.38. The van der Waals surface area contributed by atoms with Crippen molar-refractivity contribution in [1.29, 1.82) is 0 Å². The molecule has 2 aromatic rings. The molecule has 4 heterocycles. The number of halogens is 3. The van der Waals surface area contributed by atoms with Gasteiger partial charge in [0, 0.05) is 63.0 Å². The van der Waals surface area contributed by atoms with Crippen LogP contribution in [0.25, 0.3) is 0 Å². The molecular formula is C29H36F3N5O3. The van der Waals surface area contributed by atoms with Gasteiger partial charge in [-0.3, -0.25) is 4.79 Å². The maximum atomic E-state index is 13.5. The van der Waals surface area contributed by atoms with Gasteiger partial charge in [0.2, 0.25) is 0 Å². The molecule has 1 N–H and O–H groups in total. The van der Waals surface area contributed by atoms with Gasteiger partial charge in [0.1, 0.15) is 17.8 Å². The first-order valence-corrected chi connectivity index (χ1v) is 14.1. The Morgan fingerprint density at radius 2 is 2.00 bits per heavy atom. The van der Waals surface area contributed by atoms with E-state index in [9.17, 15) is 18.0 Å². The Labute approximate surface area is 232 Å². The van der Waals surface area contributed by atoms with Gasteiger partial charge < -0.3 is 24.6 Å². The largest absolute Gasteiger partial charge is 0.416 e. The number of amides is 1. The smallest absolute Gasteiger partial charge is 0.379 e. The fourth-order valence-corrected chi connectivity index (χ4v) is 6.91. The van der Waals surface area contributed by atoms with Crippen LogP contribution >= 0.6 is 0 Å². The molecule has 1 aliphatic carbocycles. The number of anilines is 1. The van der Waals surface area contributed by atoms with Gasteiger partial charge in [0.05, 0.1) is 18.3 Å².